The lowest BCUT2D eigenvalue weighted by molar-refractivity contribution is -0.106. The number of carbonyl (C=O) groups is 1. The first-order chi connectivity index (χ1) is 7.42. The van der Waals surface area contributed by atoms with Crippen LogP contribution in [0.5, 0.6) is 0 Å². The van der Waals surface area contributed by atoms with E-state index in [0.29, 0.717) is 0 Å². The number of aromatic nitrogens is 1. The Morgan fingerprint density at radius 3 is 2.33 bits per heavy atom. The molecule has 1 amide bonds. The van der Waals surface area contributed by atoms with Gasteiger partial charge in [0.25, 0.3) is 0 Å². The van der Waals surface area contributed by atoms with E-state index in [1.807, 2.05) is 36.4 Å². The van der Waals surface area contributed by atoms with Crippen molar-refractivity contribution in [3.8, 4) is 0 Å². The summed E-state index contributed by atoms with van der Waals surface area (Å²) < 4.78 is 0. The van der Waals surface area contributed by atoms with Crippen LogP contribution in [-0.2, 0) is 4.79 Å². The van der Waals surface area contributed by atoms with Crippen LogP contribution in [-0.4, -0.2) is 11.4 Å². The fourth-order valence-corrected chi connectivity index (χ4v) is 1.36. The molecule has 0 saturated carbocycles. The highest BCUT2D eigenvalue weighted by atomic mass is 16.1. The second-order valence-corrected chi connectivity index (χ2v) is 3.02. The van der Waals surface area contributed by atoms with Crippen LogP contribution in [0.1, 0.15) is 0 Å². The quantitative estimate of drug-likeness (QED) is 0.709. The third-order valence-corrected chi connectivity index (χ3v) is 2.06. The molecule has 2 aromatic rings. The van der Waals surface area contributed by atoms with Gasteiger partial charge in [-0.2, -0.15) is 0 Å². The Morgan fingerprint density at radius 2 is 1.73 bits per heavy atom. The van der Waals surface area contributed by atoms with Gasteiger partial charge in [0.1, 0.15) is 0 Å². The van der Waals surface area contributed by atoms with Crippen LogP contribution in [0.15, 0.2) is 54.9 Å². The van der Waals surface area contributed by atoms with Crippen molar-refractivity contribution >= 4 is 17.8 Å². The van der Waals surface area contributed by atoms with E-state index in [2.05, 4.69) is 4.98 Å². The molecule has 0 fully saturated rings. The Morgan fingerprint density at radius 1 is 1.00 bits per heavy atom. The van der Waals surface area contributed by atoms with Crippen LogP contribution in [0, 0.1) is 0 Å². The zero-order chi connectivity index (χ0) is 10.5. The molecular weight excluding hydrogens is 188 g/mol. The fraction of sp³-hybridized carbons (Fsp3) is 0. The summed E-state index contributed by atoms with van der Waals surface area (Å²) in [5.74, 6) is 0. The Hall–Kier alpha value is -2.16. The molecule has 0 radical (unpaired) electrons. The Kier molecular flexibility index (Phi) is 2.74. The average molecular weight is 198 g/mol. The number of hydrogen-bond donors (Lipinski definition) is 0. The molecule has 2 rings (SSSR count). The Balaban J connectivity index is 2.38. The van der Waals surface area contributed by atoms with E-state index in [9.17, 15) is 4.79 Å². The number of carbonyl (C=O) groups excluding carboxylic acids is 1. The van der Waals surface area contributed by atoms with Crippen molar-refractivity contribution in [3.63, 3.8) is 0 Å². The smallest absolute Gasteiger partial charge is 0.218 e. The van der Waals surface area contributed by atoms with Crippen molar-refractivity contribution in [2.75, 3.05) is 4.90 Å². The number of nitrogens with zero attached hydrogens (tertiary/aromatic N) is 2. The molecule has 0 spiro atoms. The van der Waals surface area contributed by atoms with Gasteiger partial charge < -0.3 is 0 Å². The van der Waals surface area contributed by atoms with Crippen LogP contribution in [0.4, 0.5) is 11.4 Å². The molecule has 0 aliphatic rings. The topological polar surface area (TPSA) is 33.2 Å². The summed E-state index contributed by atoms with van der Waals surface area (Å²) in [6.07, 6.45) is 4.12. The van der Waals surface area contributed by atoms with Crippen LogP contribution in [0.2, 0.25) is 0 Å². The van der Waals surface area contributed by atoms with Gasteiger partial charge in [-0.3, -0.25) is 14.7 Å². The van der Waals surface area contributed by atoms with E-state index in [4.69, 9.17) is 0 Å². The molecule has 74 valence electrons. The molecule has 0 bridgehead atoms. The van der Waals surface area contributed by atoms with E-state index in [1.165, 1.54) is 0 Å². The standard InChI is InChI=1S/C12H10N2O/c15-10-14(11-5-2-1-3-6-11)12-7-4-8-13-9-12/h1-10H. The maximum Gasteiger partial charge on any atom is 0.218 e. The number of para-hydroxylation sites is 1. The number of amides is 1. The Bertz CT molecular complexity index is 388. The van der Waals surface area contributed by atoms with Crippen molar-refractivity contribution in [1.29, 1.82) is 0 Å². The first kappa shape index (κ1) is 9.40. The van der Waals surface area contributed by atoms with Crippen LogP contribution in [0.3, 0.4) is 0 Å². The number of hydrogen-bond acceptors (Lipinski definition) is 2. The largest absolute Gasteiger partial charge is 0.282 e. The molecule has 3 nitrogen and oxygen atoms in total. The predicted octanol–water partition coefficient (Wildman–Crippen LogP) is 2.38. The first-order valence-electron chi connectivity index (χ1n) is 4.61. The van der Waals surface area contributed by atoms with E-state index >= 15 is 0 Å². The van der Waals surface area contributed by atoms with E-state index < -0.39 is 0 Å². The van der Waals surface area contributed by atoms with E-state index in [1.54, 1.807) is 23.4 Å². The summed E-state index contributed by atoms with van der Waals surface area (Å²) in [7, 11) is 0. The molecule has 15 heavy (non-hydrogen) atoms. The molecule has 1 aromatic carbocycles. The number of anilines is 2. The zero-order valence-corrected chi connectivity index (χ0v) is 8.08. The molecule has 1 aromatic heterocycles. The van der Waals surface area contributed by atoms with Gasteiger partial charge in [0, 0.05) is 11.9 Å². The van der Waals surface area contributed by atoms with Crippen LogP contribution < -0.4 is 4.90 Å². The molecule has 3 heteroatoms. The monoisotopic (exact) mass is 198 g/mol. The van der Waals surface area contributed by atoms with Gasteiger partial charge >= 0.3 is 0 Å². The molecule has 0 saturated heterocycles. The van der Waals surface area contributed by atoms with Crippen molar-refractivity contribution in [2.24, 2.45) is 0 Å². The van der Waals surface area contributed by atoms with Crippen molar-refractivity contribution in [1.82, 2.24) is 4.98 Å². The third-order valence-electron chi connectivity index (χ3n) is 2.06. The lowest BCUT2D eigenvalue weighted by Crippen LogP contribution is -2.13. The fourth-order valence-electron chi connectivity index (χ4n) is 1.36. The van der Waals surface area contributed by atoms with Gasteiger partial charge in [-0.15, -0.1) is 0 Å². The molecule has 0 aliphatic heterocycles. The van der Waals surface area contributed by atoms with Gasteiger partial charge in [0.15, 0.2) is 0 Å². The minimum absolute atomic E-state index is 0.763. The summed E-state index contributed by atoms with van der Waals surface area (Å²) >= 11 is 0. The van der Waals surface area contributed by atoms with Crippen molar-refractivity contribution in [3.05, 3.63) is 54.9 Å². The summed E-state index contributed by atoms with van der Waals surface area (Å²) in [4.78, 5) is 16.5. The van der Waals surface area contributed by atoms with Crippen LogP contribution >= 0.6 is 0 Å². The number of benzene rings is 1. The van der Waals surface area contributed by atoms with Crippen LogP contribution in [0.25, 0.3) is 0 Å². The molecular formula is C12H10N2O. The highest BCUT2D eigenvalue weighted by Gasteiger charge is 2.06. The molecule has 0 aliphatic carbocycles. The summed E-state index contributed by atoms with van der Waals surface area (Å²) in [5.41, 5.74) is 1.60. The van der Waals surface area contributed by atoms with E-state index in [0.717, 1.165) is 17.8 Å². The summed E-state index contributed by atoms with van der Waals surface area (Å²) in [6.45, 7) is 0. The average Bonchev–Trinajstić information content (AvgIpc) is 2.33. The second kappa shape index (κ2) is 4.37. The van der Waals surface area contributed by atoms with Gasteiger partial charge in [0.2, 0.25) is 6.41 Å². The van der Waals surface area contributed by atoms with Gasteiger partial charge in [-0.05, 0) is 24.3 Å². The maximum absolute atomic E-state index is 11.0. The minimum Gasteiger partial charge on any atom is -0.282 e. The van der Waals surface area contributed by atoms with Crippen molar-refractivity contribution < 1.29 is 4.79 Å². The normalized spacial score (nSPS) is 9.60. The summed E-state index contributed by atoms with van der Waals surface area (Å²) in [5, 5.41) is 0. The molecule has 0 atom stereocenters. The molecule has 1 heterocycles. The van der Waals surface area contributed by atoms with Gasteiger partial charge in [0.05, 0.1) is 11.9 Å². The third kappa shape index (κ3) is 2.02. The second-order valence-electron chi connectivity index (χ2n) is 3.02. The summed E-state index contributed by atoms with van der Waals surface area (Å²) in [6, 6.07) is 13.1. The van der Waals surface area contributed by atoms with Gasteiger partial charge in [-0.25, -0.2) is 0 Å². The molecule has 0 N–H and O–H groups in total. The molecule has 0 unspecified atom stereocenters. The van der Waals surface area contributed by atoms with Gasteiger partial charge in [-0.1, -0.05) is 18.2 Å². The maximum atomic E-state index is 11.0. The number of rotatable bonds is 3. The lowest BCUT2D eigenvalue weighted by Gasteiger charge is -2.16. The van der Waals surface area contributed by atoms with E-state index in [-0.39, 0.29) is 0 Å². The minimum atomic E-state index is 0.763. The highest BCUT2D eigenvalue weighted by Crippen LogP contribution is 2.21. The lowest BCUT2D eigenvalue weighted by atomic mass is 10.3. The first-order valence-corrected chi connectivity index (χ1v) is 4.61. The van der Waals surface area contributed by atoms with Crippen molar-refractivity contribution in [2.45, 2.75) is 0 Å². The number of pyridine rings is 1. The zero-order valence-electron chi connectivity index (χ0n) is 8.08. The highest BCUT2D eigenvalue weighted by molar-refractivity contribution is 5.85. The predicted molar refractivity (Wildman–Crippen MR) is 58.9 cm³/mol. The SMILES string of the molecule is O=CN(c1ccccc1)c1cccnc1. The Labute approximate surface area is 88.0 Å².